The Morgan fingerprint density at radius 1 is 0.902 bits per heavy atom. The number of carboxylic acid groups (broad SMARTS) is 1. The van der Waals surface area contributed by atoms with Gasteiger partial charge in [0.15, 0.2) is 0 Å². The molecule has 1 fully saturated rings. The predicted molar refractivity (Wildman–Crippen MR) is 158 cm³/mol. The molecular weight excluding hydrogens is 518 g/mol. The first-order valence-corrected chi connectivity index (χ1v) is 13.8. The summed E-state index contributed by atoms with van der Waals surface area (Å²) in [4.78, 5) is 40.4. The molecule has 8 nitrogen and oxygen atoms in total. The smallest absolute Gasteiger partial charge is 0.338 e. The molecule has 212 valence electrons. The van der Waals surface area contributed by atoms with Gasteiger partial charge in [-0.1, -0.05) is 73.9 Å². The highest BCUT2D eigenvalue weighted by Gasteiger charge is 2.32. The summed E-state index contributed by atoms with van der Waals surface area (Å²) in [6.45, 7) is 0.00493. The van der Waals surface area contributed by atoms with E-state index in [1.165, 1.54) is 6.42 Å². The van der Waals surface area contributed by atoms with Crippen molar-refractivity contribution in [1.29, 1.82) is 0 Å². The fourth-order valence-corrected chi connectivity index (χ4v) is 4.90. The van der Waals surface area contributed by atoms with Crippen molar-refractivity contribution in [3.63, 3.8) is 0 Å². The van der Waals surface area contributed by atoms with Gasteiger partial charge in [-0.15, -0.1) is 0 Å². The number of carbonyl (C=O) groups excluding carboxylic acids is 2. The minimum absolute atomic E-state index is 0.00493. The van der Waals surface area contributed by atoms with E-state index in [0.717, 1.165) is 36.5 Å². The third-order valence-corrected chi connectivity index (χ3v) is 7.19. The predicted octanol–water partition coefficient (Wildman–Crippen LogP) is 6.00. The fourth-order valence-electron chi connectivity index (χ4n) is 4.90. The molecule has 0 spiro atoms. The van der Waals surface area contributed by atoms with E-state index in [-0.39, 0.29) is 18.4 Å². The number of aliphatic carboxylic acids is 1. The van der Waals surface area contributed by atoms with Crippen molar-refractivity contribution in [3.05, 3.63) is 108 Å². The Hall–Kier alpha value is -4.56. The number of hydrogen-bond acceptors (Lipinski definition) is 6. The number of pyridine rings is 1. The Morgan fingerprint density at radius 2 is 1.59 bits per heavy atom. The van der Waals surface area contributed by atoms with E-state index in [0.29, 0.717) is 16.8 Å². The number of esters is 1. The Kier molecular flexibility index (Phi) is 10.6. The number of fused-ring (bicyclic) bond motifs is 1. The summed E-state index contributed by atoms with van der Waals surface area (Å²) < 4.78 is 5.82. The molecule has 1 aromatic heterocycles. The third kappa shape index (κ3) is 8.22. The maximum absolute atomic E-state index is 13.2. The monoisotopic (exact) mass is 553 g/mol. The van der Waals surface area contributed by atoms with Gasteiger partial charge in [0.2, 0.25) is 5.91 Å². The normalized spacial score (nSPS) is 14.7. The number of carboxylic acids is 1. The summed E-state index contributed by atoms with van der Waals surface area (Å²) in [6.07, 6.45) is 7.87. The lowest BCUT2D eigenvalue weighted by atomic mass is 9.90. The molecular formula is C33H35N3O5. The van der Waals surface area contributed by atoms with E-state index in [1.807, 2.05) is 60.7 Å². The Labute approximate surface area is 239 Å². The number of carbonyl (C=O) groups is 3. The number of hydrogen-bond donors (Lipinski definition) is 3. The van der Waals surface area contributed by atoms with Crippen molar-refractivity contribution in [2.24, 2.45) is 17.6 Å². The van der Waals surface area contributed by atoms with Crippen molar-refractivity contribution < 1.29 is 24.2 Å². The third-order valence-electron chi connectivity index (χ3n) is 7.19. The van der Waals surface area contributed by atoms with Crippen LogP contribution in [0.15, 0.2) is 97.3 Å². The SMILES string of the molecule is NCC(C(=O)Nc1ccc2cnccc2c1)C(OC(=O)c1ccccc1)c1ccccc1.O=C(O)C1CCCCC1. The largest absolute Gasteiger partial charge is 0.481 e. The van der Waals surface area contributed by atoms with Gasteiger partial charge in [-0.25, -0.2) is 4.79 Å². The first-order valence-electron chi connectivity index (χ1n) is 13.8. The zero-order valence-electron chi connectivity index (χ0n) is 22.8. The first kappa shape index (κ1) is 29.4. The molecule has 8 heteroatoms. The molecule has 0 aliphatic heterocycles. The number of anilines is 1. The van der Waals surface area contributed by atoms with Crippen LogP contribution in [-0.4, -0.2) is 34.5 Å². The zero-order chi connectivity index (χ0) is 29.0. The summed E-state index contributed by atoms with van der Waals surface area (Å²) in [7, 11) is 0. The topological polar surface area (TPSA) is 132 Å². The van der Waals surface area contributed by atoms with Gasteiger partial charge in [-0.2, -0.15) is 0 Å². The highest BCUT2D eigenvalue weighted by molar-refractivity contribution is 5.96. The number of benzene rings is 3. The molecule has 1 saturated carbocycles. The maximum atomic E-state index is 13.2. The quantitative estimate of drug-likeness (QED) is 0.228. The number of nitrogens with one attached hydrogen (secondary N) is 1. The average Bonchev–Trinajstić information content (AvgIpc) is 3.02. The van der Waals surface area contributed by atoms with E-state index >= 15 is 0 Å². The van der Waals surface area contributed by atoms with Crippen LogP contribution in [-0.2, 0) is 14.3 Å². The van der Waals surface area contributed by atoms with Gasteiger partial charge >= 0.3 is 11.9 Å². The molecule has 0 saturated heterocycles. The first-order chi connectivity index (χ1) is 20.0. The molecule has 4 aromatic rings. The van der Waals surface area contributed by atoms with Crippen LogP contribution in [0.3, 0.4) is 0 Å². The molecule has 1 aliphatic rings. The van der Waals surface area contributed by atoms with Crippen molar-refractivity contribution >= 4 is 34.3 Å². The molecule has 5 rings (SSSR count). The highest BCUT2D eigenvalue weighted by Crippen LogP contribution is 2.29. The second kappa shape index (κ2) is 14.7. The second-order valence-corrected chi connectivity index (χ2v) is 10.0. The summed E-state index contributed by atoms with van der Waals surface area (Å²) in [5.41, 5.74) is 7.75. The minimum atomic E-state index is -0.835. The Balaban J connectivity index is 0.000000367. The van der Waals surface area contributed by atoms with Crippen LogP contribution >= 0.6 is 0 Å². The van der Waals surface area contributed by atoms with E-state index in [9.17, 15) is 14.4 Å². The fraction of sp³-hybridized carbons (Fsp3) is 0.273. The zero-order valence-corrected chi connectivity index (χ0v) is 22.8. The summed E-state index contributed by atoms with van der Waals surface area (Å²) in [5, 5.41) is 13.4. The van der Waals surface area contributed by atoms with E-state index in [4.69, 9.17) is 15.6 Å². The van der Waals surface area contributed by atoms with E-state index in [1.54, 1.807) is 36.7 Å². The Bertz CT molecular complexity index is 1440. The van der Waals surface area contributed by atoms with Crippen LogP contribution in [0.2, 0.25) is 0 Å². The molecule has 0 bridgehead atoms. The van der Waals surface area contributed by atoms with Crippen molar-refractivity contribution in [3.8, 4) is 0 Å². The van der Waals surface area contributed by atoms with Crippen molar-refractivity contribution in [2.45, 2.75) is 38.2 Å². The number of nitrogens with zero attached hydrogens (tertiary/aromatic N) is 1. The minimum Gasteiger partial charge on any atom is -0.481 e. The highest BCUT2D eigenvalue weighted by atomic mass is 16.5. The molecule has 1 heterocycles. The van der Waals surface area contributed by atoms with Crippen LogP contribution in [0, 0.1) is 11.8 Å². The van der Waals surface area contributed by atoms with Crippen LogP contribution in [0.4, 0.5) is 5.69 Å². The molecule has 3 aromatic carbocycles. The van der Waals surface area contributed by atoms with Gasteiger partial charge in [0.05, 0.1) is 17.4 Å². The van der Waals surface area contributed by atoms with Crippen LogP contribution < -0.4 is 11.1 Å². The van der Waals surface area contributed by atoms with Gasteiger partial charge in [0.1, 0.15) is 6.10 Å². The summed E-state index contributed by atoms with van der Waals surface area (Å²) in [5.74, 6) is -2.24. The summed E-state index contributed by atoms with van der Waals surface area (Å²) in [6, 6.07) is 25.3. The number of nitrogens with two attached hydrogens (primary N) is 1. The standard InChI is InChI=1S/C26H23N3O3.C7H12O2/c27-16-23(25(30)29-22-12-11-21-17-28-14-13-20(21)15-22)24(18-7-3-1-4-8-18)32-26(31)19-9-5-2-6-10-19;8-7(9)6-4-2-1-3-5-6/h1-15,17,23-24H,16,27H2,(H,29,30);6H,1-5H2,(H,8,9). The molecule has 1 aliphatic carbocycles. The Morgan fingerprint density at radius 3 is 2.22 bits per heavy atom. The number of amides is 1. The lowest BCUT2D eigenvalue weighted by Crippen LogP contribution is -2.36. The maximum Gasteiger partial charge on any atom is 0.338 e. The molecule has 4 N–H and O–H groups in total. The van der Waals surface area contributed by atoms with Crippen LogP contribution in [0.25, 0.3) is 10.8 Å². The van der Waals surface area contributed by atoms with Crippen molar-refractivity contribution in [1.82, 2.24) is 4.98 Å². The van der Waals surface area contributed by atoms with Crippen LogP contribution in [0.5, 0.6) is 0 Å². The average molecular weight is 554 g/mol. The van der Waals surface area contributed by atoms with Gasteiger partial charge in [0, 0.05) is 30.0 Å². The lowest BCUT2D eigenvalue weighted by Gasteiger charge is -2.26. The summed E-state index contributed by atoms with van der Waals surface area (Å²) >= 11 is 0. The van der Waals surface area contributed by atoms with Gasteiger partial charge in [-0.3, -0.25) is 14.6 Å². The van der Waals surface area contributed by atoms with Crippen molar-refractivity contribution in [2.75, 3.05) is 11.9 Å². The number of aromatic nitrogens is 1. The molecule has 2 atom stereocenters. The second-order valence-electron chi connectivity index (χ2n) is 10.0. The number of rotatable bonds is 8. The molecule has 0 radical (unpaired) electrons. The van der Waals surface area contributed by atoms with Gasteiger partial charge in [0.25, 0.3) is 0 Å². The van der Waals surface area contributed by atoms with Crippen LogP contribution in [0.1, 0.15) is 54.1 Å². The lowest BCUT2D eigenvalue weighted by molar-refractivity contribution is -0.142. The number of ether oxygens (including phenoxy) is 1. The molecule has 1 amide bonds. The molecule has 2 unspecified atom stereocenters. The van der Waals surface area contributed by atoms with Gasteiger partial charge in [-0.05, 0) is 54.1 Å². The van der Waals surface area contributed by atoms with Gasteiger partial charge < -0.3 is 20.9 Å². The molecule has 41 heavy (non-hydrogen) atoms. The van der Waals surface area contributed by atoms with E-state index < -0.39 is 24.0 Å². The van der Waals surface area contributed by atoms with E-state index in [2.05, 4.69) is 10.3 Å².